The van der Waals surface area contributed by atoms with Gasteiger partial charge in [-0.15, -0.1) is 0 Å². The van der Waals surface area contributed by atoms with Crippen LogP contribution in [0.5, 0.6) is 0 Å². The largest absolute Gasteiger partial charge is 0.300 e. The Morgan fingerprint density at radius 3 is 2.55 bits per heavy atom. The Labute approximate surface area is 188 Å². The first-order chi connectivity index (χ1) is 14.7. The molecule has 0 saturated heterocycles. The maximum Gasteiger partial charge on any atom is 0.163 e. The van der Waals surface area contributed by atoms with Gasteiger partial charge >= 0.3 is 0 Å². The summed E-state index contributed by atoms with van der Waals surface area (Å²) >= 11 is 0. The number of hydrogen-bond acceptors (Lipinski definition) is 3. The van der Waals surface area contributed by atoms with E-state index in [4.69, 9.17) is 0 Å². The zero-order valence-corrected chi connectivity index (χ0v) is 20.2. The highest BCUT2D eigenvalue weighted by atomic mass is 16.1. The van der Waals surface area contributed by atoms with Crippen molar-refractivity contribution in [1.29, 1.82) is 0 Å². The van der Waals surface area contributed by atoms with Gasteiger partial charge in [-0.2, -0.15) is 0 Å². The van der Waals surface area contributed by atoms with Crippen molar-refractivity contribution in [1.82, 2.24) is 0 Å². The summed E-state index contributed by atoms with van der Waals surface area (Å²) in [6.07, 6.45) is 8.63. The van der Waals surface area contributed by atoms with Gasteiger partial charge in [0.05, 0.1) is 6.42 Å². The number of Topliss-reactive ketones (excluding diaryl/α,β-unsaturated/α-hetero) is 3. The van der Waals surface area contributed by atoms with Gasteiger partial charge in [0.1, 0.15) is 11.6 Å². The second-order valence-corrected chi connectivity index (χ2v) is 10.7. The minimum absolute atomic E-state index is 0.0480. The minimum Gasteiger partial charge on any atom is -0.300 e. The average molecular weight is 425 g/mol. The summed E-state index contributed by atoms with van der Waals surface area (Å²) in [5.41, 5.74) is 5.07. The predicted molar refractivity (Wildman–Crippen MR) is 126 cm³/mol. The van der Waals surface area contributed by atoms with E-state index in [9.17, 15) is 14.4 Å². The van der Waals surface area contributed by atoms with Crippen molar-refractivity contribution in [2.45, 2.75) is 104 Å². The average Bonchev–Trinajstić information content (AvgIpc) is 2.67. The van der Waals surface area contributed by atoms with E-state index in [2.05, 4.69) is 39.8 Å². The lowest BCUT2D eigenvalue weighted by Gasteiger charge is -2.37. The highest BCUT2D eigenvalue weighted by molar-refractivity contribution is 6.01. The number of carbonyl (C=O) groups excluding carboxylic acids is 3. The molecule has 3 heteroatoms. The fourth-order valence-electron chi connectivity index (χ4n) is 6.35. The molecule has 0 aromatic heterocycles. The maximum absolute atomic E-state index is 13.3. The van der Waals surface area contributed by atoms with Crippen LogP contribution in [0.3, 0.4) is 0 Å². The first kappa shape index (κ1) is 23.9. The van der Waals surface area contributed by atoms with Gasteiger partial charge in [0.2, 0.25) is 0 Å². The van der Waals surface area contributed by atoms with Crippen LogP contribution in [0.4, 0.5) is 0 Å². The fraction of sp³-hybridized carbons (Fsp3) is 0.679. The molecule has 1 aromatic rings. The zero-order chi connectivity index (χ0) is 22.8. The van der Waals surface area contributed by atoms with Crippen molar-refractivity contribution in [3.8, 4) is 0 Å². The molecule has 3 rings (SSSR count). The molecule has 0 heterocycles. The SMILES string of the molecule is CCCC(CC1CC(=O)c2c(ccc3c2CCCC3(C)C)C1)C(CC)C(=O)CC(C)=O. The van der Waals surface area contributed by atoms with Crippen LogP contribution in [0, 0.1) is 17.8 Å². The van der Waals surface area contributed by atoms with Gasteiger partial charge in [-0.25, -0.2) is 0 Å². The van der Waals surface area contributed by atoms with Crippen molar-refractivity contribution in [2.75, 3.05) is 0 Å². The molecule has 3 nitrogen and oxygen atoms in total. The molecule has 3 atom stereocenters. The van der Waals surface area contributed by atoms with Crippen LogP contribution < -0.4 is 0 Å². The predicted octanol–water partition coefficient (Wildman–Crippen LogP) is 6.43. The lowest BCUT2D eigenvalue weighted by atomic mass is 9.67. The monoisotopic (exact) mass is 424 g/mol. The lowest BCUT2D eigenvalue weighted by Crippen LogP contribution is -2.31. The molecular formula is C28H40O3. The van der Waals surface area contributed by atoms with E-state index in [0.717, 1.165) is 50.5 Å². The molecule has 0 amide bonds. The second kappa shape index (κ2) is 9.79. The van der Waals surface area contributed by atoms with E-state index in [0.29, 0.717) is 18.1 Å². The number of carbonyl (C=O) groups is 3. The number of benzene rings is 1. The molecule has 0 spiro atoms. The molecule has 2 aliphatic rings. The maximum atomic E-state index is 13.3. The quantitative estimate of drug-likeness (QED) is 0.429. The third-order valence-electron chi connectivity index (χ3n) is 7.76. The molecule has 1 aromatic carbocycles. The molecule has 31 heavy (non-hydrogen) atoms. The Balaban J connectivity index is 1.82. The molecule has 0 saturated carbocycles. The molecule has 0 N–H and O–H groups in total. The molecule has 0 bridgehead atoms. The molecule has 0 radical (unpaired) electrons. The van der Waals surface area contributed by atoms with E-state index < -0.39 is 0 Å². The second-order valence-electron chi connectivity index (χ2n) is 10.7. The first-order valence-electron chi connectivity index (χ1n) is 12.4. The third-order valence-corrected chi connectivity index (χ3v) is 7.76. The van der Waals surface area contributed by atoms with Crippen molar-refractivity contribution in [3.05, 3.63) is 34.4 Å². The number of fused-ring (bicyclic) bond motifs is 3. The third kappa shape index (κ3) is 5.18. The summed E-state index contributed by atoms with van der Waals surface area (Å²) in [5, 5.41) is 0. The van der Waals surface area contributed by atoms with Crippen LogP contribution in [-0.2, 0) is 27.8 Å². The van der Waals surface area contributed by atoms with Crippen LogP contribution in [-0.4, -0.2) is 17.3 Å². The summed E-state index contributed by atoms with van der Waals surface area (Å²) in [6, 6.07) is 4.48. The summed E-state index contributed by atoms with van der Waals surface area (Å²) in [6.45, 7) is 10.3. The van der Waals surface area contributed by atoms with E-state index >= 15 is 0 Å². The number of rotatable bonds is 9. The lowest BCUT2D eigenvalue weighted by molar-refractivity contribution is -0.129. The Hall–Kier alpha value is -1.77. The van der Waals surface area contributed by atoms with Gasteiger partial charge in [0.15, 0.2) is 5.78 Å². The van der Waals surface area contributed by atoms with E-state index in [1.54, 1.807) is 0 Å². The standard InChI is InChI=1S/C28H40O3/c1-6-9-20(22(7-2)25(30)14-18(3)29)15-19-16-21-11-12-24-23(27(21)26(31)17-19)10-8-13-28(24,4)5/h11-12,19-20,22H,6-10,13-17H2,1-5H3. The highest BCUT2D eigenvalue weighted by Crippen LogP contribution is 2.42. The highest BCUT2D eigenvalue weighted by Gasteiger charge is 2.36. The topological polar surface area (TPSA) is 51.2 Å². The van der Waals surface area contributed by atoms with Crippen LogP contribution in [0.1, 0.15) is 113 Å². The van der Waals surface area contributed by atoms with Crippen molar-refractivity contribution >= 4 is 17.3 Å². The fourth-order valence-corrected chi connectivity index (χ4v) is 6.35. The zero-order valence-electron chi connectivity index (χ0n) is 20.2. The molecule has 3 unspecified atom stereocenters. The van der Waals surface area contributed by atoms with Gasteiger partial charge < -0.3 is 0 Å². The van der Waals surface area contributed by atoms with Crippen molar-refractivity contribution in [3.63, 3.8) is 0 Å². The number of ketones is 3. The van der Waals surface area contributed by atoms with Crippen molar-refractivity contribution in [2.24, 2.45) is 17.8 Å². The van der Waals surface area contributed by atoms with Gasteiger partial charge in [0.25, 0.3) is 0 Å². The molecule has 2 aliphatic carbocycles. The molecule has 0 fully saturated rings. The van der Waals surface area contributed by atoms with E-state index in [1.165, 1.54) is 30.0 Å². The first-order valence-corrected chi connectivity index (χ1v) is 12.4. The summed E-state index contributed by atoms with van der Waals surface area (Å²) in [7, 11) is 0. The van der Waals surface area contributed by atoms with E-state index in [1.807, 2.05) is 0 Å². The van der Waals surface area contributed by atoms with Crippen molar-refractivity contribution < 1.29 is 14.4 Å². The number of hydrogen-bond donors (Lipinski definition) is 0. The Kier molecular flexibility index (Phi) is 7.55. The van der Waals surface area contributed by atoms with Gasteiger partial charge in [0, 0.05) is 17.9 Å². The molecular weight excluding hydrogens is 384 g/mol. The smallest absolute Gasteiger partial charge is 0.163 e. The minimum atomic E-state index is -0.0651. The van der Waals surface area contributed by atoms with Gasteiger partial charge in [-0.3, -0.25) is 14.4 Å². The van der Waals surface area contributed by atoms with Crippen LogP contribution in [0.25, 0.3) is 0 Å². The van der Waals surface area contributed by atoms with Gasteiger partial charge in [-0.1, -0.05) is 52.7 Å². The van der Waals surface area contributed by atoms with Crippen LogP contribution in [0.15, 0.2) is 12.1 Å². The molecule has 170 valence electrons. The Bertz CT molecular complexity index is 848. The Morgan fingerprint density at radius 2 is 1.90 bits per heavy atom. The summed E-state index contributed by atoms with van der Waals surface area (Å²) in [4.78, 5) is 37.6. The van der Waals surface area contributed by atoms with Gasteiger partial charge in [-0.05, 0) is 79.4 Å². The van der Waals surface area contributed by atoms with Crippen LogP contribution in [0.2, 0.25) is 0 Å². The van der Waals surface area contributed by atoms with Crippen LogP contribution >= 0.6 is 0 Å². The normalized spacial score (nSPS) is 21.7. The summed E-state index contributed by atoms with van der Waals surface area (Å²) < 4.78 is 0. The Morgan fingerprint density at radius 1 is 1.16 bits per heavy atom. The summed E-state index contributed by atoms with van der Waals surface area (Å²) in [5.74, 6) is 0.840. The van der Waals surface area contributed by atoms with E-state index in [-0.39, 0.29) is 35.2 Å². The molecule has 0 aliphatic heterocycles.